The Balaban J connectivity index is 0.000000317. The number of carbonyl (C=O) groups is 1. The predicted octanol–water partition coefficient (Wildman–Crippen LogP) is 2.69. The third-order valence-corrected chi connectivity index (χ3v) is 3.91. The fourth-order valence-corrected chi connectivity index (χ4v) is 2.64. The van der Waals surface area contributed by atoms with Crippen molar-refractivity contribution in [3.8, 4) is 0 Å². The second-order valence-corrected chi connectivity index (χ2v) is 5.16. The number of nitrogens with two attached hydrogens (primary N) is 1. The van der Waals surface area contributed by atoms with Gasteiger partial charge in [0, 0.05) is 12.5 Å². The van der Waals surface area contributed by atoms with Gasteiger partial charge >= 0.3 is 6.18 Å². The Morgan fingerprint density at radius 3 is 1.65 bits per heavy atom. The molecule has 0 amide bonds. The van der Waals surface area contributed by atoms with Gasteiger partial charge in [-0.1, -0.05) is 0 Å². The molecule has 3 fully saturated rings. The van der Waals surface area contributed by atoms with Crippen LogP contribution < -0.4 is 5.73 Å². The second kappa shape index (κ2) is 4.48. The average Bonchev–Trinajstić information content (AvgIpc) is 2.16. The number of fused-ring (bicyclic) bond motifs is 3. The number of aliphatic carboxylic acids is 1. The fourth-order valence-electron chi connectivity index (χ4n) is 2.64. The van der Waals surface area contributed by atoms with Gasteiger partial charge < -0.3 is 10.8 Å². The first-order chi connectivity index (χ1) is 7.60. The number of halogens is 3. The van der Waals surface area contributed by atoms with Crippen molar-refractivity contribution in [1.29, 1.82) is 0 Å². The molecular weight excluding hydrogens is 235 g/mol. The molecule has 0 atom stereocenters. The monoisotopic (exact) mass is 253 g/mol. The quantitative estimate of drug-likeness (QED) is 0.697. The average molecular weight is 253 g/mol. The van der Waals surface area contributed by atoms with Crippen LogP contribution in [0.1, 0.15) is 45.4 Å². The molecule has 3 aliphatic carbocycles. The van der Waals surface area contributed by atoms with Crippen LogP contribution in [0.2, 0.25) is 0 Å². The van der Waals surface area contributed by atoms with Crippen LogP contribution in [-0.4, -0.2) is 22.8 Å². The summed E-state index contributed by atoms with van der Waals surface area (Å²) in [5, 5.41) is 7.42. The molecule has 3 N–H and O–H groups in total. The van der Waals surface area contributed by atoms with E-state index in [2.05, 4.69) is 0 Å². The van der Waals surface area contributed by atoms with Gasteiger partial charge in [0.25, 0.3) is 5.97 Å². The molecule has 100 valence electrons. The van der Waals surface area contributed by atoms with Gasteiger partial charge in [0.1, 0.15) is 0 Å². The molecule has 0 aliphatic heterocycles. The number of alkyl halides is 3. The topological polar surface area (TPSA) is 63.3 Å². The lowest BCUT2D eigenvalue weighted by Crippen LogP contribution is -2.56. The molecule has 0 aromatic carbocycles. The van der Waals surface area contributed by atoms with Gasteiger partial charge in [-0.3, -0.25) is 4.79 Å². The lowest BCUT2D eigenvalue weighted by molar-refractivity contribution is -0.252. The maximum atomic E-state index is 12.7. The molecule has 2 bridgehead atoms. The lowest BCUT2D eigenvalue weighted by Gasteiger charge is -2.52. The maximum Gasteiger partial charge on any atom is 0.394 e. The van der Waals surface area contributed by atoms with Crippen LogP contribution in [0.25, 0.3) is 0 Å². The van der Waals surface area contributed by atoms with Gasteiger partial charge in [-0.15, -0.1) is 0 Å². The Hall–Kier alpha value is -0.780. The van der Waals surface area contributed by atoms with Gasteiger partial charge in [-0.05, 0) is 38.5 Å². The standard InChI is InChI=1S/C9H14F3N.C2H4O2/c10-9(11,12)7-1-4-8(13,5-2-7)6-3-7;1-2(3)4/h1-6,13H2;1H3,(H,3,4). The highest BCUT2D eigenvalue weighted by molar-refractivity contribution is 5.62. The highest BCUT2D eigenvalue weighted by Gasteiger charge is 2.60. The maximum absolute atomic E-state index is 12.7. The van der Waals surface area contributed by atoms with E-state index in [1.54, 1.807) is 0 Å². The molecule has 6 heteroatoms. The van der Waals surface area contributed by atoms with Crippen LogP contribution in [-0.2, 0) is 4.79 Å². The summed E-state index contributed by atoms with van der Waals surface area (Å²) in [4.78, 5) is 9.00. The normalized spacial score (nSPS) is 36.1. The number of rotatable bonds is 0. The number of carboxylic acid groups (broad SMARTS) is 1. The van der Waals surface area contributed by atoms with Crippen LogP contribution in [0.4, 0.5) is 13.2 Å². The molecular formula is C11H18F3NO2. The second-order valence-electron chi connectivity index (χ2n) is 5.16. The summed E-state index contributed by atoms with van der Waals surface area (Å²) in [5.41, 5.74) is 4.28. The predicted molar refractivity (Wildman–Crippen MR) is 56.4 cm³/mol. The van der Waals surface area contributed by atoms with Crippen LogP contribution >= 0.6 is 0 Å². The van der Waals surface area contributed by atoms with Gasteiger partial charge in [-0.2, -0.15) is 13.2 Å². The first-order valence-corrected chi connectivity index (χ1v) is 5.65. The zero-order valence-electron chi connectivity index (χ0n) is 9.81. The first kappa shape index (κ1) is 14.3. The van der Waals surface area contributed by atoms with Crippen molar-refractivity contribution in [3.05, 3.63) is 0 Å². The summed E-state index contributed by atoms with van der Waals surface area (Å²) in [6.07, 6.45) is -1.65. The van der Waals surface area contributed by atoms with Crippen LogP contribution in [0.3, 0.4) is 0 Å². The Kier molecular flexibility index (Phi) is 3.76. The fraction of sp³-hybridized carbons (Fsp3) is 0.909. The minimum absolute atomic E-state index is 0.243. The molecule has 0 saturated heterocycles. The van der Waals surface area contributed by atoms with Crippen LogP contribution in [0, 0.1) is 5.41 Å². The SMILES string of the molecule is CC(=O)O.NC12CCC(C(F)(F)F)(CC1)CC2. The number of carboxylic acids is 1. The summed E-state index contributed by atoms with van der Waals surface area (Å²) in [6, 6.07) is 0. The molecule has 0 spiro atoms. The number of hydrogen-bond acceptors (Lipinski definition) is 2. The van der Waals surface area contributed by atoms with Crippen molar-refractivity contribution in [2.75, 3.05) is 0 Å². The molecule has 0 aromatic rings. The first-order valence-electron chi connectivity index (χ1n) is 5.65. The zero-order chi connectivity index (χ0) is 13.3. The van der Waals surface area contributed by atoms with Gasteiger partial charge in [0.15, 0.2) is 0 Å². The van der Waals surface area contributed by atoms with Crippen molar-refractivity contribution >= 4 is 5.97 Å². The van der Waals surface area contributed by atoms with E-state index in [9.17, 15) is 13.2 Å². The molecule has 0 radical (unpaired) electrons. The Bertz CT molecular complexity index is 273. The summed E-state index contributed by atoms with van der Waals surface area (Å²) in [6.45, 7) is 1.08. The highest BCUT2D eigenvalue weighted by Crippen LogP contribution is 2.58. The van der Waals surface area contributed by atoms with Crippen molar-refractivity contribution in [2.24, 2.45) is 11.1 Å². The molecule has 0 aromatic heterocycles. The summed E-state index contributed by atoms with van der Waals surface area (Å²) in [5.74, 6) is -0.833. The van der Waals surface area contributed by atoms with E-state index in [1.807, 2.05) is 0 Å². The third-order valence-electron chi connectivity index (χ3n) is 3.91. The van der Waals surface area contributed by atoms with Crippen molar-refractivity contribution in [2.45, 2.75) is 57.2 Å². The molecule has 3 aliphatic rings. The smallest absolute Gasteiger partial charge is 0.394 e. The molecule has 3 saturated carbocycles. The highest BCUT2D eigenvalue weighted by atomic mass is 19.4. The van der Waals surface area contributed by atoms with Crippen molar-refractivity contribution in [3.63, 3.8) is 0 Å². The summed E-state index contributed by atoms with van der Waals surface area (Å²) in [7, 11) is 0. The molecule has 0 heterocycles. The van der Waals surface area contributed by atoms with Gasteiger partial charge in [-0.25, -0.2) is 0 Å². The van der Waals surface area contributed by atoms with Crippen molar-refractivity contribution in [1.82, 2.24) is 0 Å². The molecule has 3 rings (SSSR count). The van der Waals surface area contributed by atoms with Gasteiger partial charge in [0.2, 0.25) is 0 Å². The van der Waals surface area contributed by atoms with Crippen LogP contribution in [0.5, 0.6) is 0 Å². The minimum atomic E-state index is -4.02. The number of hydrogen-bond donors (Lipinski definition) is 2. The third kappa shape index (κ3) is 3.12. The van der Waals surface area contributed by atoms with Gasteiger partial charge in [0.05, 0.1) is 5.41 Å². The summed E-state index contributed by atoms with van der Waals surface area (Å²) < 4.78 is 38.1. The van der Waals surface area contributed by atoms with E-state index >= 15 is 0 Å². The van der Waals surface area contributed by atoms with E-state index in [0.717, 1.165) is 6.92 Å². The molecule has 0 unspecified atom stereocenters. The van der Waals surface area contributed by atoms with E-state index in [0.29, 0.717) is 19.3 Å². The largest absolute Gasteiger partial charge is 0.481 e. The Morgan fingerprint density at radius 2 is 1.41 bits per heavy atom. The molecule has 3 nitrogen and oxygen atoms in total. The van der Waals surface area contributed by atoms with E-state index in [4.69, 9.17) is 15.6 Å². The van der Waals surface area contributed by atoms with E-state index < -0.39 is 17.6 Å². The Labute approximate surface area is 98.2 Å². The Morgan fingerprint density at radius 1 is 1.12 bits per heavy atom. The van der Waals surface area contributed by atoms with Crippen molar-refractivity contribution < 1.29 is 23.1 Å². The summed E-state index contributed by atoms with van der Waals surface area (Å²) >= 11 is 0. The van der Waals surface area contributed by atoms with E-state index in [-0.39, 0.29) is 24.8 Å². The minimum Gasteiger partial charge on any atom is -0.481 e. The molecule has 17 heavy (non-hydrogen) atoms. The van der Waals surface area contributed by atoms with Crippen LogP contribution in [0.15, 0.2) is 0 Å². The van der Waals surface area contributed by atoms with E-state index in [1.165, 1.54) is 0 Å². The zero-order valence-corrected chi connectivity index (χ0v) is 9.81. The lowest BCUT2D eigenvalue weighted by atomic mass is 9.57.